The highest BCUT2D eigenvalue weighted by molar-refractivity contribution is 7.79. The molecule has 0 radical (unpaired) electrons. The lowest BCUT2D eigenvalue weighted by Gasteiger charge is -2.36. The van der Waals surface area contributed by atoms with Crippen LogP contribution in [0, 0.1) is 0 Å². The summed E-state index contributed by atoms with van der Waals surface area (Å²) in [6.07, 6.45) is -9.05. The number of hydrogen-bond acceptors (Lipinski definition) is 14. The second kappa shape index (κ2) is 12.3. The van der Waals surface area contributed by atoms with Gasteiger partial charge >= 0.3 is 0 Å². The first kappa shape index (κ1) is 28.4. The number of ether oxygens (including phenoxy) is 2. The number of rotatable bonds is 2. The molecule has 0 aliphatic carbocycles. The summed E-state index contributed by atoms with van der Waals surface area (Å²) >= 11 is 0. The van der Waals surface area contributed by atoms with E-state index in [2.05, 4.69) is 11.5 Å². The lowest BCUT2D eigenvalue weighted by Crippen LogP contribution is -2.77. The van der Waals surface area contributed by atoms with Crippen LogP contribution in [0.1, 0.15) is 0 Å². The molecule has 0 amide bonds. The van der Waals surface area contributed by atoms with Crippen molar-refractivity contribution in [3.05, 3.63) is 0 Å². The van der Waals surface area contributed by atoms with Crippen LogP contribution >= 0.6 is 0 Å². The van der Waals surface area contributed by atoms with Crippen LogP contribution in [0.3, 0.4) is 0 Å². The average Bonchev–Trinajstić information content (AvgIpc) is 2.63. The molecule has 2 heterocycles. The molecule has 2 rings (SSSR count). The van der Waals surface area contributed by atoms with E-state index < -0.39 is 84.9 Å². The largest absolute Gasteiger partial charge is 0.759 e. The number of hydrogen-bond donors (Lipinski definition) is 10. The Morgan fingerprint density at radius 2 is 0.931 bits per heavy atom. The Kier molecular flexibility index (Phi) is 12.0. The van der Waals surface area contributed by atoms with Crippen LogP contribution in [0.5, 0.6) is 0 Å². The van der Waals surface area contributed by atoms with Crippen molar-refractivity contribution in [2.75, 3.05) is 13.2 Å². The Balaban J connectivity index is 0.000000442. The minimum Gasteiger partial charge on any atom is -0.759 e. The highest BCUT2D eigenvalue weighted by Crippen LogP contribution is 2.17. The smallest absolute Gasteiger partial charge is 0.211 e. The molecule has 176 valence electrons. The van der Waals surface area contributed by atoms with Crippen molar-refractivity contribution in [3.8, 4) is 0 Å². The van der Waals surface area contributed by atoms with Crippen molar-refractivity contribution in [2.24, 2.45) is 0 Å². The van der Waals surface area contributed by atoms with Gasteiger partial charge < -0.3 is 70.9 Å². The van der Waals surface area contributed by atoms with Crippen molar-refractivity contribution in [1.29, 1.82) is 0 Å². The maximum atomic E-state index is 9.25. The van der Waals surface area contributed by atoms with Gasteiger partial charge in [0.05, 0.1) is 13.2 Å². The number of aliphatic hydroxyl groups is 8. The molecule has 10 atom stereocenters. The van der Waals surface area contributed by atoms with Crippen molar-refractivity contribution < 1.29 is 79.3 Å². The van der Waals surface area contributed by atoms with Crippen LogP contribution in [0.2, 0.25) is 0 Å². The Bertz CT molecular complexity index is 515. The van der Waals surface area contributed by atoms with Gasteiger partial charge in [0.25, 0.3) is 0 Å². The summed E-state index contributed by atoms with van der Waals surface area (Å²) < 4.78 is 43.6. The van der Waals surface area contributed by atoms with Crippen molar-refractivity contribution >= 4 is 10.4 Å². The van der Waals surface area contributed by atoms with Crippen LogP contribution in [0.4, 0.5) is 0 Å². The summed E-state index contributed by atoms with van der Waals surface area (Å²) in [5, 5.41) is 72.5. The fourth-order valence-corrected chi connectivity index (χ4v) is 2.31. The number of quaternary nitrogens is 2. The molecule has 2 saturated heterocycles. The third-order valence-corrected chi connectivity index (χ3v) is 4.06. The maximum Gasteiger partial charge on any atom is 0.211 e. The van der Waals surface area contributed by atoms with Gasteiger partial charge in [-0.3, -0.25) is 8.42 Å². The SMILES string of the molecule is O=S(=O)([O-])[O-].[NH3+][C@H]1C(O)O[C@H](CO)[C@@H](O)[C@@H]1O.[NH3+][C@H]1C(O)O[C@H](CO)[C@@H](O)[C@@H]1O. The molecule has 0 aromatic heterocycles. The highest BCUT2D eigenvalue weighted by Gasteiger charge is 2.44. The van der Waals surface area contributed by atoms with E-state index in [9.17, 15) is 20.4 Å². The van der Waals surface area contributed by atoms with Crippen LogP contribution < -0.4 is 11.5 Å². The average molecular weight is 456 g/mol. The first-order chi connectivity index (χ1) is 13.1. The third-order valence-electron chi connectivity index (χ3n) is 4.06. The first-order valence-corrected chi connectivity index (χ1v) is 9.42. The van der Waals surface area contributed by atoms with Crippen molar-refractivity contribution in [3.63, 3.8) is 0 Å². The van der Waals surface area contributed by atoms with E-state index in [0.29, 0.717) is 0 Å². The van der Waals surface area contributed by atoms with E-state index in [1.54, 1.807) is 0 Å². The number of aliphatic hydroxyl groups excluding tert-OH is 8. The quantitative estimate of drug-likeness (QED) is 0.136. The van der Waals surface area contributed by atoms with Crippen LogP contribution in [0.25, 0.3) is 0 Å². The normalized spacial score (nSPS) is 42.8. The van der Waals surface area contributed by atoms with E-state index in [4.69, 9.17) is 47.4 Å². The molecule has 29 heavy (non-hydrogen) atoms. The minimum absolute atomic E-state index is 0.442. The van der Waals surface area contributed by atoms with Gasteiger partial charge in [-0.05, 0) is 0 Å². The standard InChI is InChI=1S/2C6H13NO5.H2O4S/c2*7-3-5(10)4(9)2(1-8)12-6(3)11;1-5(2,3)4/h2*2-6,8-11H,1,7H2;(H2,1,2,3,4)/t2*2-,3-,4-,5-,6?;/m11./s1. The molecule has 0 aromatic carbocycles. The van der Waals surface area contributed by atoms with Crippen molar-refractivity contribution in [2.45, 2.75) is 61.3 Å². The predicted octanol–water partition coefficient (Wildman–Crippen LogP) is -9.28. The van der Waals surface area contributed by atoms with Crippen LogP contribution in [-0.2, 0) is 19.9 Å². The maximum absolute atomic E-state index is 9.25. The second-order valence-corrected chi connectivity index (χ2v) is 7.01. The van der Waals surface area contributed by atoms with Gasteiger partial charge in [0, 0.05) is 10.4 Å². The molecule has 2 fully saturated rings. The summed E-state index contributed by atoms with van der Waals surface area (Å²) in [5.41, 5.74) is 6.82. The molecule has 2 unspecified atom stereocenters. The summed E-state index contributed by atoms with van der Waals surface area (Å²) in [4.78, 5) is 0. The molecule has 0 bridgehead atoms. The Morgan fingerprint density at radius 1 is 0.690 bits per heavy atom. The Labute approximate surface area is 165 Å². The van der Waals surface area contributed by atoms with Gasteiger partial charge in [0.15, 0.2) is 12.1 Å². The molecule has 14 N–H and O–H groups in total. The summed E-state index contributed by atoms with van der Waals surface area (Å²) in [6, 6.07) is -1.58. The van der Waals surface area contributed by atoms with Gasteiger partial charge in [-0.1, -0.05) is 0 Å². The zero-order chi connectivity index (χ0) is 23.1. The van der Waals surface area contributed by atoms with E-state index in [1.165, 1.54) is 0 Å². The molecule has 0 saturated carbocycles. The van der Waals surface area contributed by atoms with Crippen LogP contribution in [0.15, 0.2) is 0 Å². The van der Waals surface area contributed by atoms with Gasteiger partial charge in [-0.2, -0.15) is 0 Å². The monoisotopic (exact) mass is 456 g/mol. The molecule has 2 aliphatic rings. The minimum atomic E-state index is -5.17. The summed E-state index contributed by atoms with van der Waals surface area (Å²) in [6.45, 7) is -0.885. The highest BCUT2D eigenvalue weighted by atomic mass is 32.3. The van der Waals surface area contributed by atoms with E-state index in [1.807, 2.05) is 0 Å². The molecular formula is C12H28N2O14S. The van der Waals surface area contributed by atoms with Gasteiger partial charge in [0.1, 0.15) is 36.6 Å². The summed E-state index contributed by atoms with van der Waals surface area (Å²) in [5.74, 6) is 0. The zero-order valence-electron chi connectivity index (χ0n) is 15.0. The molecule has 17 heteroatoms. The Morgan fingerprint density at radius 3 is 1.14 bits per heavy atom. The summed E-state index contributed by atoms with van der Waals surface area (Å²) in [7, 11) is -5.17. The lowest BCUT2D eigenvalue weighted by atomic mass is 9.98. The second-order valence-electron chi connectivity index (χ2n) is 6.19. The first-order valence-electron chi connectivity index (χ1n) is 8.09. The van der Waals surface area contributed by atoms with Gasteiger partial charge in [-0.25, -0.2) is 0 Å². The van der Waals surface area contributed by atoms with E-state index >= 15 is 0 Å². The Hall–Kier alpha value is -0.610. The molecule has 0 spiro atoms. The fourth-order valence-electron chi connectivity index (χ4n) is 2.31. The molecular weight excluding hydrogens is 428 g/mol. The van der Waals surface area contributed by atoms with Gasteiger partial charge in [0.2, 0.25) is 12.6 Å². The lowest BCUT2D eigenvalue weighted by molar-refractivity contribution is -0.498. The predicted molar refractivity (Wildman–Crippen MR) is 83.8 cm³/mol. The topological polar surface area (TPSA) is 316 Å². The molecule has 0 aromatic rings. The van der Waals surface area contributed by atoms with Gasteiger partial charge in [-0.15, -0.1) is 0 Å². The third kappa shape index (κ3) is 9.38. The van der Waals surface area contributed by atoms with E-state index in [0.717, 1.165) is 0 Å². The fraction of sp³-hybridized carbons (Fsp3) is 1.00. The zero-order valence-corrected chi connectivity index (χ0v) is 15.9. The van der Waals surface area contributed by atoms with Crippen LogP contribution in [-0.4, -0.2) is 133 Å². The molecule has 16 nitrogen and oxygen atoms in total. The van der Waals surface area contributed by atoms with E-state index in [-0.39, 0.29) is 0 Å². The molecule has 2 aliphatic heterocycles. The van der Waals surface area contributed by atoms with Crippen molar-refractivity contribution in [1.82, 2.24) is 0 Å².